The lowest BCUT2D eigenvalue weighted by Gasteiger charge is -2.20. The molecule has 0 atom stereocenters. The molecule has 0 bridgehead atoms. The largest absolute Gasteiger partial charge is 0.317 e. The first-order chi connectivity index (χ1) is 15.9. The van der Waals surface area contributed by atoms with Gasteiger partial charge in [-0.05, 0) is 96.9 Å². The van der Waals surface area contributed by atoms with Gasteiger partial charge in [-0.2, -0.15) is 0 Å². The number of benzene rings is 1. The first-order valence-electron chi connectivity index (χ1n) is 14.0. The zero-order chi connectivity index (χ0) is 25.9. The van der Waals surface area contributed by atoms with Crippen LogP contribution in [0.1, 0.15) is 131 Å². The Morgan fingerprint density at radius 3 is 1.62 bits per heavy atom. The Labute approximate surface area is 222 Å². The van der Waals surface area contributed by atoms with E-state index in [1.807, 2.05) is 13.8 Å². The highest BCUT2D eigenvalue weighted by atomic mass is 35.5. The normalized spacial score (nSPS) is 12.3. The molecule has 0 radical (unpaired) electrons. The fourth-order valence-corrected chi connectivity index (χ4v) is 3.32. The second-order valence-corrected chi connectivity index (χ2v) is 8.60. The van der Waals surface area contributed by atoms with Crippen LogP contribution in [-0.4, -0.2) is 13.1 Å². The molecule has 1 aromatic rings. The smallest absolute Gasteiger partial charge is 0.00517 e. The molecule has 1 aliphatic rings. The minimum absolute atomic E-state index is 0. The number of nitrogens with one attached hydrogen (secondary N) is 1. The highest BCUT2D eigenvalue weighted by Gasteiger charge is 2.12. The van der Waals surface area contributed by atoms with Crippen molar-refractivity contribution in [1.29, 1.82) is 0 Å². The first-order valence-corrected chi connectivity index (χ1v) is 14.0. The van der Waals surface area contributed by atoms with Crippen molar-refractivity contribution in [2.75, 3.05) is 13.1 Å². The van der Waals surface area contributed by atoms with Crippen molar-refractivity contribution in [2.24, 2.45) is 0 Å². The summed E-state index contributed by atoms with van der Waals surface area (Å²) in [7, 11) is 0. The predicted octanol–water partition coefficient (Wildman–Crippen LogP) is 11.2. The monoisotopic (exact) mass is 495 g/mol. The second kappa shape index (κ2) is 32.0. The van der Waals surface area contributed by atoms with Gasteiger partial charge in [0.05, 0.1) is 0 Å². The Kier molecular flexibility index (Phi) is 37.7. The van der Waals surface area contributed by atoms with E-state index < -0.39 is 0 Å². The van der Waals surface area contributed by atoms with Crippen LogP contribution in [0.15, 0.2) is 47.1 Å². The fraction of sp³-hybridized carbons (Fsp3) is 0.688. The van der Waals surface area contributed by atoms with Crippen molar-refractivity contribution in [3.8, 4) is 0 Å². The second-order valence-electron chi connectivity index (χ2n) is 8.60. The molecule has 0 unspecified atom stereocenters. The van der Waals surface area contributed by atoms with Crippen molar-refractivity contribution in [2.45, 2.75) is 134 Å². The molecule has 0 saturated heterocycles. The number of allylic oxidation sites excluding steroid dienone is 4. The summed E-state index contributed by atoms with van der Waals surface area (Å²) in [6.45, 7) is 25.8. The Balaban J connectivity index is -0.000000192. The van der Waals surface area contributed by atoms with Gasteiger partial charge in [0, 0.05) is 0 Å². The van der Waals surface area contributed by atoms with Crippen LogP contribution >= 0.6 is 12.4 Å². The average Bonchev–Trinajstić information content (AvgIpc) is 2.84. The summed E-state index contributed by atoms with van der Waals surface area (Å²) < 4.78 is 0. The molecule has 0 spiro atoms. The molecule has 1 aromatic carbocycles. The van der Waals surface area contributed by atoms with Gasteiger partial charge in [-0.3, -0.25) is 0 Å². The molecule has 0 fully saturated rings. The summed E-state index contributed by atoms with van der Waals surface area (Å²) in [5, 5.41) is 3.20. The van der Waals surface area contributed by atoms with Gasteiger partial charge in [0.25, 0.3) is 0 Å². The third-order valence-electron chi connectivity index (χ3n) is 5.17. The topological polar surface area (TPSA) is 12.0 Å². The third-order valence-corrected chi connectivity index (χ3v) is 5.17. The van der Waals surface area contributed by atoms with Crippen molar-refractivity contribution in [3.63, 3.8) is 0 Å². The van der Waals surface area contributed by atoms with Crippen LogP contribution in [0.4, 0.5) is 0 Å². The lowest BCUT2D eigenvalue weighted by molar-refractivity contribution is 0.664. The summed E-state index contributed by atoms with van der Waals surface area (Å²) in [6.07, 6.45) is 14.2. The molecule has 2 heteroatoms. The van der Waals surface area contributed by atoms with E-state index in [4.69, 9.17) is 0 Å². The van der Waals surface area contributed by atoms with E-state index in [0.717, 1.165) is 13.1 Å². The summed E-state index contributed by atoms with van der Waals surface area (Å²) in [4.78, 5) is 0. The Bertz CT molecular complexity index is 544. The van der Waals surface area contributed by atoms with Crippen LogP contribution < -0.4 is 5.32 Å². The maximum Gasteiger partial charge on any atom is -0.00517 e. The number of hydrogen-bond acceptors (Lipinski definition) is 1. The van der Waals surface area contributed by atoms with E-state index in [2.05, 4.69) is 98.0 Å². The van der Waals surface area contributed by atoms with E-state index in [9.17, 15) is 0 Å². The summed E-state index contributed by atoms with van der Waals surface area (Å²) in [5.41, 5.74) is 7.63. The zero-order valence-electron chi connectivity index (χ0n) is 25.1. The minimum atomic E-state index is 0. The van der Waals surface area contributed by atoms with Gasteiger partial charge in [0.2, 0.25) is 0 Å². The number of unbranched alkanes of at least 4 members (excludes halogenated alkanes) is 1. The predicted molar refractivity (Wildman–Crippen MR) is 164 cm³/mol. The van der Waals surface area contributed by atoms with Crippen LogP contribution in [-0.2, 0) is 0 Å². The molecule has 0 saturated carbocycles. The highest BCUT2D eigenvalue weighted by molar-refractivity contribution is 5.85. The molecule has 0 aromatic heterocycles. The molecular formula is C32H62ClN. The van der Waals surface area contributed by atoms with Gasteiger partial charge in [0.1, 0.15) is 0 Å². The van der Waals surface area contributed by atoms with E-state index in [1.165, 1.54) is 68.9 Å². The Morgan fingerprint density at radius 1 is 0.824 bits per heavy atom. The highest BCUT2D eigenvalue weighted by Crippen LogP contribution is 2.31. The summed E-state index contributed by atoms with van der Waals surface area (Å²) >= 11 is 0. The SMILES string of the molecule is C/C=C(/CCCC)C1=C(C)CCCC1.CC.CCC.CCCNCC.Cc1ccc(C)cc1.Cl. The third kappa shape index (κ3) is 25.6. The molecule has 202 valence electrons. The van der Waals surface area contributed by atoms with Crippen LogP contribution in [0, 0.1) is 13.8 Å². The summed E-state index contributed by atoms with van der Waals surface area (Å²) in [6, 6.07) is 8.48. The van der Waals surface area contributed by atoms with Gasteiger partial charge in [-0.25, -0.2) is 0 Å². The Morgan fingerprint density at radius 2 is 1.29 bits per heavy atom. The number of rotatable bonds is 7. The van der Waals surface area contributed by atoms with E-state index in [0.29, 0.717) is 0 Å². The maximum absolute atomic E-state index is 3.20. The Hall–Kier alpha value is -1.05. The van der Waals surface area contributed by atoms with Crippen LogP contribution in [0.3, 0.4) is 0 Å². The van der Waals surface area contributed by atoms with Crippen molar-refractivity contribution < 1.29 is 0 Å². The van der Waals surface area contributed by atoms with Gasteiger partial charge in [0.15, 0.2) is 0 Å². The quantitative estimate of drug-likeness (QED) is 0.370. The molecule has 0 aliphatic heterocycles. The van der Waals surface area contributed by atoms with Gasteiger partial charge in [-0.15, -0.1) is 12.4 Å². The molecular weight excluding hydrogens is 434 g/mol. The molecule has 0 amide bonds. The van der Waals surface area contributed by atoms with Crippen LogP contribution in [0.2, 0.25) is 0 Å². The van der Waals surface area contributed by atoms with Crippen molar-refractivity contribution >= 4 is 12.4 Å². The van der Waals surface area contributed by atoms with Crippen molar-refractivity contribution in [3.05, 3.63) is 58.2 Å². The minimum Gasteiger partial charge on any atom is -0.317 e. The van der Waals surface area contributed by atoms with Crippen LogP contribution in [0.25, 0.3) is 0 Å². The molecule has 1 nitrogen and oxygen atoms in total. The number of hydrogen-bond donors (Lipinski definition) is 1. The summed E-state index contributed by atoms with van der Waals surface area (Å²) in [5.74, 6) is 0. The molecule has 34 heavy (non-hydrogen) atoms. The lowest BCUT2D eigenvalue weighted by Crippen LogP contribution is -2.12. The maximum atomic E-state index is 3.20. The van der Waals surface area contributed by atoms with Gasteiger partial charge >= 0.3 is 0 Å². The molecule has 0 heterocycles. The van der Waals surface area contributed by atoms with E-state index >= 15 is 0 Å². The van der Waals surface area contributed by atoms with Gasteiger partial charge < -0.3 is 5.32 Å². The van der Waals surface area contributed by atoms with Crippen LogP contribution in [0.5, 0.6) is 0 Å². The fourth-order valence-electron chi connectivity index (χ4n) is 3.32. The van der Waals surface area contributed by atoms with E-state index in [1.54, 1.807) is 16.7 Å². The zero-order valence-corrected chi connectivity index (χ0v) is 25.9. The average molecular weight is 496 g/mol. The standard InChI is InChI=1S/C14H24.C8H10.C5H13N.C3H8.C2H6.ClH/c1-4-6-10-13(5-2)14-11-8-7-9-12(14)3;1-7-3-5-8(2)6-4-7;1-3-5-6-4-2;1-3-2;1-2;/h5H,4,6-11H2,1-3H3;3-6H,1-2H3;6H,3-5H2,1-2H3;3H2,1-2H3;1-2H3;1H/b13-5-;;;;;. The number of halogens is 1. The van der Waals surface area contributed by atoms with Gasteiger partial charge in [-0.1, -0.05) is 108 Å². The van der Waals surface area contributed by atoms with Crippen molar-refractivity contribution in [1.82, 2.24) is 5.32 Å². The lowest BCUT2D eigenvalue weighted by atomic mass is 9.86. The number of aryl methyl sites for hydroxylation is 2. The molecule has 1 N–H and O–H groups in total. The molecule has 1 aliphatic carbocycles. The van der Waals surface area contributed by atoms with E-state index in [-0.39, 0.29) is 12.4 Å². The first kappa shape index (κ1) is 40.1. The molecule has 2 rings (SSSR count).